The van der Waals surface area contributed by atoms with Gasteiger partial charge in [0.25, 0.3) is 0 Å². The molecule has 0 fully saturated rings. The third kappa shape index (κ3) is 10.9. The fraction of sp³-hybridized carbons (Fsp3) is 0.562. The number of halogens is 3. The van der Waals surface area contributed by atoms with Crippen molar-refractivity contribution < 1.29 is 11.4 Å². The van der Waals surface area contributed by atoms with Gasteiger partial charge in [0.15, 0.2) is 0 Å². The molecule has 0 aliphatic carbocycles. The van der Waals surface area contributed by atoms with E-state index in [0.717, 1.165) is 13.0 Å². The summed E-state index contributed by atoms with van der Waals surface area (Å²) < 4.78 is 0. The first kappa shape index (κ1) is 23.5. The van der Waals surface area contributed by atoms with E-state index in [1.54, 1.807) is 0 Å². The van der Waals surface area contributed by atoms with Gasteiger partial charge in [-0.2, -0.15) is 0 Å². The molecule has 0 radical (unpaired) electrons. The normalized spacial score (nSPS) is 15.4. The Labute approximate surface area is 159 Å². The molecule has 0 amide bonds. The van der Waals surface area contributed by atoms with Crippen molar-refractivity contribution in [3.05, 3.63) is 36.0 Å². The van der Waals surface area contributed by atoms with Crippen molar-refractivity contribution in [3.63, 3.8) is 0 Å². The third-order valence-electron chi connectivity index (χ3n) is 3.38. The van der Waals surface area contributed by atoms with Gasteiger partial charge in [-0.25, -0.2) is 5.09 Å². The zero-order valence-electron chi connectivity index (χ0n) is 14.5. The van der Waals surface area contributed by atoms with Gasteiger partial charge in [0, 0.05) is 6.42 Å². The molecule has 1 aliphatic rings. The first-order valence-corrected chi connectivity index (χ1v) is 14.5. The van der Waals surface area contributed by atoms with Crippen LogP contribution in [0.4, 0.5) is 0 Å². The summed E-state index contributed by atoms with van der Waals surface area (Å²) in [7, 11) is 14.2. The van der Waals surface area contributed by atoms with Crippen molar-refractivity contribution in [2.75, 3.05) is 6.54 Å². The molecule has 1 heterocycles. The number of allylic oxidation sites excluding steroid dienone is 3. The molecule has 0 aromatic rings. The summed E-state index contributed by atoms with van der Waals surface area (Å²) in [6, 6.07) is 0. The topological polar surface area (TPSA) is 24.4 Å². The molecule has 0 aromatic heterocycles. The van der Waals surface area contributed by atoms with Gasteiger partial charge in [-0.05, 0) is 45.8 Å². The molecule has 133 valence electrons. The van der Waals surface area contributed by atoms with Crippen LogP contribution in [0.3, 0.4) is 0 Å². The summed E-state index contributed by atoms with van der Waals surface area (Å²) in [4.78, 5) is 4.69. The molecule has 0 unspecified atom stereocenters. The molecule has 23 heavy (non-hydrogen) atoms. The quantitative estimate of drug-likeness (QED) is 0.388. The number of amidine groups is 1. The first-order chi connectivity index (χ1) is 10.7. The van der Waals surface area contributed by atoms with E-state index in [2.05, 4.69) is 57.4 Å². The predicted molar refractivity (Wildman–Crippen MR) is 108 cm³/mol. The van der Waals surface area contributed by atoms with E-state index in [1.165, 1.54) is 17.0 Å². The van der Waals surface area contributed by atoms with Crippen molar-refractivity contribution in [1.82, 2.24) is 5.09 Å². The number of dihydropyridines is 1. The molecule has 0 saturated carbocycles. The molecular formula is C16H28Cl3CrN2P+. The molecule has 2 nitrogen and oxygen atoms in total. The fourth-order valence-electron chi connectivity index (χ4n) is 2.29. The number of rotatable bonds is 5. The predicted octanol–water partition coefficient (Wildman–Crippen LogP) is 6.45. The number of nitrogens with zero attached hydrogens (tertiary/aromatic N) is 1. The summed E-state index contributed by atoms with van der Waals surface area (Å²) in [6.07, 6.45) is 6.94. The van der Waals surface area contributed by atoms with Crippen LogP contribution < -0.4 is 5.09 Å². The number of hydrogen-bond donors (Lipinski definition) is 1. The monoisotopic (exact) mass is 436 g/mol. The van der Waals surface area contributed by atoms with Gasteiger partial charge < -0.3 is 0 Å². The van der Waals surface area contributed by atoms with E-state index in [1.807, 2.05) is 12.2 Å². The maximum absolute atomic E-state index is 4.93. The zero-order valence-corrected chi connectivity index (χ0v) is 19.0. The van der Waals surface area contributed by atoms with Crippen molar-refractivity contribution in [2.24, 2.45) is 4.99 Å². The minimum absolute atomic E-state index is 0.586. The molecule has 0 spiro atoms. The Hall–Kier alpha value is 0.522. The summed E-state index contributed by atoms with van der Waals surface area (Å²) >= 11 is -1.62. The van der Waals surface area contributed by atoms with Crippen LogP contribution in [-0.2, 0) is 11.4 Å². The third-order valence-corrected chi connectivity index (χ3v) is 6.44. The summed E-state index contributed by atoms with van der Waals surface area (Å²) in [5, 5.41) is 3.74. The van der Waals surface area contributed by atoms with Gasteiger partial charge in [-0.15, -0.1) is 0 Å². The van der Waals surface area contributed by atoms with Crippen molar-refractivity contribution >= 4 is 44.1 Å². The van der Waals surface area contributed by atoms with E-state index in [4.69, 9.17) is 30.1 Å². The van der Waals surface area contributed by atoms with Crippen LogP contribution in [-0.4, -0.2) is 23.7 Å². The summed E-state index contributed by atoms with van der Waals surface area (Å²) in [6.45, 7) is 16.0. The van der Waals surface area contributed by atoms with Crippen LogP contribution >= 0.6 is 38.2 Å². The summed E-state index contributed by atoms with van der Waals surface area (Å²) in [5.41, 5.74) is 4.18. The van der Waals surface area contributed by atoms with E-state index in [0.29, 0.717) is 11.3 Å². The van der Waals surface area contributed by atoms with Crippen LogP contribution in [0.1, 0.15) is 41.0 Å². The van der Waals surface area contributed by atoms with Crippen molar-refractivity contribution in [3.8, 4) is 0 Å². The second kappa shape index (κ2) is 12.8. The first-order valence-electron chi connectivity index (χ1n) is 7.56. The Morgan fingerprint density at radius 3 is 2.17 bits per heavy atom. The van der Waals surface area contributed by atoms with E-state index in [-0.39, 0.29) is 0 Å². The SMILES string of the molecule is C=C/C=C\C1=C(C)CN=C(N[PH+](C(C)C)C(C)C)C1.[Cl][Cr]([Cl])[Cl]. The van der Waals surface area contributed by atoms with E-state index >= 15 is 0 Å². The second-order valence-corrected chi connectivity index (χ2v) is 15.7. The molecule has 7 heteroatoms. The molecule has 1 N–H and O–H groups in total. The van der Waals surface area contributed by atoms with Gasteiger partial charge in [-0.3, -0.25) is 4.99 Å². The van der Waals surface area contributed by atoms with Crippen LogP contribution in [0.25, 0.3) is 0 Å². The van der Waals surface area contributed by atoms with Crippen LogP contribution in [0.2, 0.25) is 0 Å². The summed E-state index contributed by atoms with van der Waals surface area (Å²) in [5.74, 6) is 1.17. The van der Waals surface area contributed by atoms with Crippen LogP contribution in [0, 0.1) is 0 Å². The van der Waals surface area contributed by atoms with Crippen LogP contribution in [0.15, 0.2) is 40.9 Å². The van der Waals surface area contributed by atoms with Gasteiger partial charge in [0.05, 0.1) is 25.9 Å². The molecular weight excluding hydrogens is 410 g/mol. The van der Waals surface area contributed by atoms with Gasteiger partial charge >= 0.3 is 41.5 Å². The Morgan fingerprint density at radius 1 is 1.22 bits per heavy atom. The molecule has 0 bridgehead atoms. The van der Waals surface area contributed by atoms with Crippen molar-refractivity contribution in [2.45, 2.75) is 52.4 Å². The Balaban J connectivity index is 0.00000108. The van der Waals surface area contributed by atoms with Gasteiger partial charge in [0.1, 0.15) is 5.84 Å². The van der Waals surface area contributed by atoms with Gasteiger partial charge in [-0.1, -0.05) is 24.8 Å². The van der Waals surface area contributed by atoms with Gasteiger partial charge in [0.2, 0.25) is 0 Å². The van der Waals surface area contributed by atoms with E-state index in [9.17, 15) is 0 Å². The standard InChI is InChI=1S/C16H27N2P.3ClH.Cr/c1-7-8-9-15-10-16(17-11-14(15)6)18-19(12(2)3)13(4)5;;;;/h7-9,12-13H,1,10-11H2,2-6H3,(H,17,18);3*1H;/q;;;;+3/p-2/b9-8-;;;;. The second-order valence-electron chi connectivity index (χ2n) is 5.90. The zero-order chi connectivity index (χ0) is 18.0. The number of nitrogens with one attached hydrogen (secondary N) is 1. The maximum atomic E-state index is 4.93. The molecule has 0 saturated heterocycles. The molecule has 1 aliphatic heterocycles. The number of hydrogen-bond acceptors (Lipinski definition) is 2. The average molecular weight is 438 g/mol. The molecule has 1 rings (SSSR count). The fourth-order valence-corrected chi connectivity index (χ4v) is 4.71. The van der Waals surface area contributed by atoms with Crippen LogP contribution in [0.5, 0.6) is 0 Å². The Bertz CT molecular complexity index is 449. The Morgan fingerprint density at radius 2 is 1.74 bits per heavy atom. The Kier molecular flexibility index (Phi) is 13.1. The van der Waals surface area contributed by atoms with E-state index < -0.39 is 19.5 Å². The molecule has 0 aromatic carbocycles. The molecule has 0 atom stereocenters. The average Bonchev–Trinajstić information content (AvgIpc) is 2.43. The minimum atomic E-state index is -1.62. The number of aliphatic imine (C=N–C) groups is 1. The van der Waals surface area contributed by atoms with Crippen molar-refractivity contribution in [1.29, 1.82) is 0 Å².